The molecule has 0 radical (unpaired) electrons. The molecule has 0 spiro atoms. The van der Waals surface area contributed by atoms with Gasteiger partial charge in [-0.15, -0.1) is 11.3 Å². The number of halogens is 1. The van der Waals surface area contributed by atoms with Crippen LogP contribution < -0.4 is 5.73 Å². The van der Waals surface area contributed by atoms with E-state index in [4.69, 9.17) is 17.3 Å². The van der Waals surface area contributed by atoms with Gasteiger partial charge in [-0.3, -0.25) is 0 Å². The van der Waals surface area contributed by atoms with Crippen LogP contribution in [0.25, 0.3) is 6.08 Å². The molecule has 2 N–H and O–H groups in total. The molecule has 0 bridgehead atoms. The van der Waals surface area contributed by atoms with E-state index in [-0.39, 0.29) is 0 Å². The zero-order valence-corrected chi connectivity index (χ0v) is 6.95. The molecule has 0 amide bonds. The van der Waals surface area contributed by atoms with E-state index in [2.05, 4.69) is 0 Å². The molecule has 0 unspecified atom stereocenters. The summed E-state index contributed by atoms with van der Waals surface area (Å²) < 4.78 is 0.824. The predicted molar refractivity (Wildman–Crippen MR) is 47.4 cm³/mol. The van der Waals surface area contributed by atoms with Crippen LogP contribution in [0.5, 0.6) is 0 Å². The van der Waals surface area contributed by atoms with Gasteiger partial charge in [0.05, 0.1) is 0 Å². The molecule has 0 aromatic carbocycles. The molecule has 0 aliphatic rings. The van der Waals surface area contributed by atoms with Crippen molar-refractivity contribution < 1.29 is 0 Å². The van der Waals surface area contributed by atoms with E-state index < -0.39 is 0 Å². The lowest BCUT2D eigenvalue weighted by Crippen LogP contribution is -1.91. The molecule has 0 saturated carbocycles. The van der Waals surface area contributed by atoms with Gasteiger partial charge in [-0.2, -0.15) is 0 Å². The van der Waals surface area contributed by atoms with Crippen LogP contribution in [0.2, 0.25) is 4.34 Å². The first-order valence-corrected chi connectivity index (χ1v) is 4.20. The summed E-state index contributed by atoms with van der Waals surface area (Å²) in [6.07, 6.45) is 3.81. The molecule has 1 aromatic rings. The molecule has 0 saturated heterocycles. The van der Waals surface area contributed by atoms with Crippen molar-refractivity contribution in [1.82, 2.24) is 0 Å². The van der Waals surface area contributed by atoms with Crippen LogP contribution in [0.1, 0.15) is 5.56 Å². The zero-order valence-electron chi connectivity index (χ0n) is 5.38. The van der Waals surface area contributed by atoms with Crippen molar-refractivity contribution in [3.05, 3.63) is 27.4 Å². The van der Waals surface area contributed by atoms with Gasteiger partial charge in [0.1, 0.15) is 4.34 Å². The quantitative estimate of drug-likeness (QED) is 0.730. The monoisotopic (exact) mass is 173 g/mol. The fourth-order valence-electron chi connectivity index (χ4n) is 0.617. The predicted octanol–water partition coefficient (Wildman–Crippen LogP) is 2.37. The molecule has 0 fully saturated rings. The van der Waals surface area contributed by atoms with Gasteiger partial charge in [0.2, 0.25) is 0 Å². The highest BCUT2D eigenvalue weighted by Gasteiger charge is 1.94. The fourth-order valence-corrected chi connectivity index (χ4v) is 1.50. The molecule has 0 aliphatic heterocycles. The minimum Gasteiger partial charge on any atom is -0.327 e. The number of hydrogen-bond acceptors (Lipinski definition) is 2. The molecule has 1 aromatic heterocycles. The van der Waals surface area contributed by atoms with Crippen LogP contribution >= 0.6 is 22.9 Å². The average Bonchev–Trinajstić information content (AvgIpc) is 2.31. The van der Waals surface area contributed by atoms with Crippen LogP contribution in [-0.4, -0.2) is 6.54 Å². The smallest absolute Gasteiger partial charge is 0.100 e. The van der Waals surface area contributed by atoms with Crippen molar-refractivity contribution in [2.45, 2.75) is 0 Å². The van der Waals surface area contributed by atoms with E-state index >= 15 is 0 Å². The summed E-state index contributed by atoms with van der Waals surface area (Å²) in [6.45, 7) is 0.562. The summed E-state index contributed by atoms with van der Waals surface area (Å²) in [5.41, 5.74) is 6.32. The molecule has 0 aliphatic carbocycles. The standard InChI is InChI=1S/C7H8ClNS/c8-7-6(2-1-4-9)3-5-10-7/h1-3,5H,4,9H2. The minimum atomic E-state index is 0.562. The SMILES string of the molecule is NCC=Cc1ccsc1Cl. The first kappa shape index (κ1) is 7.79. The van der Waals surface area contributed by atoms with Crippen LogP contribution in [0.15, 0.2) is 17.5 Å². The second-order valence-corrected chi connectivity index (χ2v) is 3.31. The molecule has 1 nitrogen and oxygen atoms in total. The summed E-state index contributed by atoms with van der Waals surface area (Å²) in [6, 6.07) is 1.97. The second kappa shape index (κ2) is 3.76. The molecule has 3 heteroatoms. The Labute approximate surface area is 69.1 Å². The maximum absolute atomic E-state index is 5.80. The third-order valence-electron chi connectivity index (χ3n) is 1.08. The third kappa shape index (κ3) is 1.84. The van der Waals surface area contributed by atoms with E-state index in [1.54, 1.807) is 0 Å². The lowest BCUT2D eigenvalue weighted by atomic mass is 10.3. The van der Waals surface area contributed by atoms with Crippen LogP contribution in [-0.2, 0) is 0 Å². The van der Waals surface area contributed by atoms with Crippen molar-refractivity contribution in [2.75, 3.05) is 6.54 Å². The molecule has 1 rings (SSSR count). The average molecular weight is 174 g/mol. The summed E-state index contributed by atoms with van der Waals surface area (Å²) in [5.74, 6) is 0. The van der Waals surface area contributed by atoms with Gasteiger partial charge in [-0.25, -0.2) is 0 Å². The van der Waals surface area contributed by atoms with Gasteiger partial charge < -0.3 is 5.73 Å². The van der Waals surface area contributed by atoms with Crippen molar-refractivity contribution in [1.29, 1.82) is 0 Å². The Morgan fingerprint density at radius 2 is 2.50 bits per heavy atom. The van der Waals surface area contributed by atoms with E-state index in [9.17, 15) is 0 Å². The summed E-state index contributed by atoms with van der Waals surface area (Å²) in [4.78, 5) is 0. The normalized spacial score (nSPS) is 11.0. The van der Waals surface area contributed by atoms with E-state index in [1.165, 1.54) is 11.3 Å². The molecule has 1 heterocycles. The lowest BCUT2D eigenvalue weighted by molar-refractivity contribution is 1.26. The highest BCUT2D eigenvalue weighted by atomic mass is 35.5. The first-order chi connectivity index (χ1) is 4.84. The number of hydrogen-bond donors (Lipinski definition) is 1. The third-order valence-corrected chi connectivity index (χ3v) is 2.28. The lowest BCUT2D eigenvalue weighted by Gasteiger charge is -1.84. The van der Waals surface area contributed by atoms with E-state index in [0.717, 1.165) is 9.90 Å². The molecule has 10 heavy (non-hydrogen) atoms. The van der Waals surface area contributed by atoms with Crippen molar-refractivity contribution in [3.63, 3.8) is 0 Å². The Kier molecular flexibility index (Phi) is 2.93. The molecular formula is C7H8ClNS. The van der Waals surface area contributed by atoms with Gasteiger partial charge in [-0.05, 0) is 11.4 Å². The van der Waals surface area contributed by atoms with Gasteiger partial charge in [0.25, 0.3) is 0 Å². The minimum absolute atomic E-state index is 0.562. The zero-order chi connectivity index (χ0) is 7.40. The van der Waals surface area contributed by atoms with Gasteiger partial charge >= 0.3 is 0 Å². The largest absolute Gasteiger partial charge is 0.327 e. The van der Waals surface area contributed by atoms with Gasteiger partial charge in [-0.1, -0.05) is 23.8 Å². The second-order valence-electron chi connectivity index (χ2n) is 1.79. The molecule has 0 atom stereocenters. The van der Waals surface area contributed by atoms with Crippen molar-refractivity contribution in [2.24, 2.45) is 5.73 Å². The van der Waals surface area contributed by atoms with Crippen molar-refractivity contribution in [3.8, 4) is 0 Å². The Hall–Kier alpha value is -0.310. The van der Waals surface area contributed by atoms with Gasteiger partial charge in [0.15, 0.2) is 0 Å². The first-order valence-electron chi connectivity index (χ1n) is 2.94. The topological polar surface area (TPSA) is 26.0 Å². The number of rotatable bonds is 2. The maximum atomic E-state index is 5.80. The highest BCUT2D eigenvalue weighted by Crippen LogP contribution is 2.23. The van der Waals surface area contributed by atoms with Crippen molar-refractivity contribution >= 4 is 29.0 Å². The molecule has 54 valence electrons. The Morgan fingerprint density at radius 3 is 3.00 bits per heavy atom. The molecular weight excluding hydrogens is 166 g/mol. The van der Waals surface area contributed by atoms with E-state index in [1.807, 2.05) is 23.6 Å². The summed E-state index contributed by atoms with van der Waals surface area (Å²) >= 11 is 7.33. The number of nitrogens with two attached hydrogens (primary N) is 1. The Morgan fingerprint density at radius 1 is 1.70 bits per heavy atom. The van der Waals surface area contributed by atoms with Crippen LogP contribution in [0.3, 0.4) is 0 Å². The Bertz CT molecular complexity index is 229. The van der Waals surface area contributed by atoms with Crippen LogP contribution in [0, 0.1) is 0 Å². The van der Waals surface area contributed by atoms with E-state index in [0.29, 0.717) is 6.54 Å². The summed E-state index contributed by atoms with van der Waals surface area (Å²) in [7, 11) is 0. The fraction of sp³-hybridized carbons (Fsp3) is 0.143. The Balaban J connectivity index is 2.74. The number of thiophene rings is 1. The maximum Gasteiger partial charge on any atom is 0.100 e. The van der Waals surface area contributed by atoms with Crippen LogP contribution in [0.4, 0.5) is 0 Å². The van der Waals surface area contributed by atoms with Gasteiger partial charge in [0, 0.05) is 12.1 Å². The summed E-state index contributed by atoms with van der Waals surface area (Å²) in [5, 5.41) is 1.96. The highest BCUT2D eigenvalue weighted by molar-refractivity contribution is 7.14.